The highest BCUT2D eigenvalue weighted by Gasteiger charge is 2.18. The first-order valence-corrected chi connectivity index (χ1v) is 7.20. The number of hydrogen-bond donors (Lipinski definition) is 1. The minimum atomic E-state index is -0.502. The van der Waals surface area contributed by atoms with Gasteiger partial charge in [0.05, 0.1) is 13.7 Å². The number of halogens is 1. The number of allylic oxidation sites excluding steroid dienone is 3. The Labute approximate surface area is 136 Å². The van der Waals surface area contributed by atoms with Gasteiger partial charge in [0.2, 0.25) is 0 Å². The van der Waals surface area contributed by atoms with E-state index >= 15 is 0 Å². The van der Waals surface area contributed by atoms with Crippen LogP contribution >= 0.6 is 0 Å². The molecular formula is C18H22FNO3. The second kappa shape index (κ2) is 9.58. The lowest BCUT2D eigenvalue weighted by Crippen LogP contribution is -2.26. The summed E-state index contributed by atoms with van der Waals surface area (Å²) in [6, 6.07) is 4.25. The summed E-state index contributed by atoms with van der Waals surface area (Å²) in [5, 5.41) is 0. The van der Waals surface area contributed by atoms with Crippen LogP contribution < -0.4 is 10.5 Å². The number of esters is 1. The third-order valence-corrected chi connectivity index (χ3v) is 3.22. The van der Waals surface area contributed by atoms with Crippen LogP contribution in [-0.4, -0.2) is 25.7 Å². The lowest BCUT2D eigenvalue weighted by molar-refractivity contribution is -0.147. The normalized spacial score (nSPS) is 12.4. The molecule has 0 saturated carbocycles. The van der Waals surface area contributed by atoms with E-state index in [0.29, 0.717) is 18.6 Å². The molecule has 0 bridgehead atoms. The standard InChI is InChI=1S/C18H22FNO3/c1-4-6-13(5-2)9-16(23-18(21)12-20)10-14-7-8-15(19)11-17(14)22-3/h4-8,11,16H,1-2,9-10,12,20H2,3H3/b13-6+. The second-order valence-corrected chi connectivity index (χ2v) is 4.86. The predicted molar refractivity (Wildman–Crippen MR) is 88.7 cm³/mol. The van der Waals surface area contributed by atoms with Gasteiger partial charge in [0.25, 0.3) is 0 Å². The fraction of sp³-hybridized carbons (Fsp3) is 0.278. The molecule has 1 aromatic rings. The number of hydrogen-bond acceptors (Lipinski definition) is 4. The van der Waals surface area contributed by atoms with Gasteiger partial charge in [0.1, 0.15) is 17.7 Å². The third kappa shape index (κ3) is 6.08. The summed E-state index contributed by atoms with van der Waals surface area (Å²) >= 11 is 0. The van der Waals surface area contributed by atoms with E-state index in [-0.39, 0.29) is 12.4 Å². The van der Waals surface area contributed by atoms with Crippen molar-refractivity contribution in [2.45, 2.75) is 18.9 Å². The molecule has 2 N–H and O–H groups in total. The maximum absolute atomic E-state index is 13.3. The number of methoxy groups -OCH3 is 1. The largest absolute Gasteiger partial charge is 0.496 e. The molecule has 5 heteroatoms. The number of carbonyl (C=O) groups is 1. The molecule has 0 aromatic heterocycles. The molecule has 0 amide bonds. The highest BCUT2D eigenvalue weighted by atomic mass is 19.1. The molecule has 0 radical (unpaired) electrons. The molecule has 0 heterocycles. The van der Waals surface area contributed by atoms with Crippen molar-refractivity contribution in [3.8, 4) is 5.75 Å². The van der Waals surface area contributed by atoms with Gasteiger partial charge in [0, 0.05) is 18.9 Å². The average molecular weight is 319 g/mol. The fourth-order valence-electron chi connectivity index (χ4n) is 2.16. The molecule has 0 saturated heterocycles. The lowest BCUT2D eigenvalue weighted by Gasteiger charge is -2.19. The molecule has 23 heavy (non-hydrogen) atoms. The highest BCUT2D eigenvalue weighted by Crippen LogP contribution is 2.24. The Balaban J connectivity index is 3.00. The lowest BCUT2D eigenvalue weighted by atomic mass is 10.00. The van der Waals surface area contributed by atoms with Gasteiger partial charge in [0.15, 0.2) is 0 Å². The number of ether oxygens (including phenoxy) is 2. The summed E-state index contributed by atoms with van der Waals surface area (Å²) < 4.78 is 23.8. The fourth-order valence-corrected chi connectivity index (χ4v) is 2.16. The highest BCUT2D eigenvalue weighted by molar-refractivity contribution is 5.71. The number of rotatable bonds is 9. The van der Waals surface area contributed by atoms with E-state index in [1.54, 1.807) is 24.3 Å². The van der Waals surface area contributed by atoms with Crippen LogP contribution in [0.5, 0.6) is 5.75 Å². The van der Waals surface area contributed by atoms with Crippen molar-refractivity contribution in [3.63, 3.8) is 0 Å². The Hall–Kier alpha value is -2.40. The van der Waals surface area contributed by atoms with Crippen molar-refractivity contribution >= 4 is 5.97 Å². The maximum atomic E-state index is 13.3. The van der Waals surface area contributed by atoms with Gasteiger partial charge < -0.3 is 15.2 Å². The molecule has 1 atom stereocenters. The zero-order chi connectivity index (χ0) is 17.2. The maximum Gasteiger partial charge on any atom is 0.319 e. The van der Waals surface area contributed by atoms with Crippen LogP contribution in [0.4, 0.5) is 4.39 Å². The Morgan fingerprint density at radius 1 is 1.43 bits per heavy atom. The first-order valence-electron chi connectivity index (χ1n) is 7.20. The van der Waals surface area contributed by atoms with Crippen LogP contribution in [0.15, 0.2) is 55.2 Å². The van der Waals surface area contributed by atoms with Crippen molar-refractivity contribution in [2.24, 2.45) is 5.73 Å². The molecule has 0 aliphatic carbocycles. The molecule has 0 aliphatic rings. The van der Waals surface area contributed by atoms with Gasteiger partial charge in [-0.2, -0.15) is 0 Å². The number of carbonyl (C=O) groups excluding carboxylic acids is 1. The van der Waals surface area contributed by atoms with E-state index in [0.717, 1.165) is 11.1 Å². The van der Waals surface area contributed by atoms with Crippen molar-refractivity contribution in [2.75, 3.05) is 13.7 Å². The van der Waals surface area contributed by atoms with Gasteiger partial charge in [-0.05, 0) is 17.2 Å². The molecule has 4 nitrogen and oxygen atoms in total. The first-order chi connectivity index (χ1) is 11.0. The van der Waals surface area contributed by atoms with E-state index in [1.165, 1.54) is 19.2 Å². The van der Waals surface area contributed by atoms with Gasteiger partial charge in [-0.15, -0.1) is 0 Å². The van der Waals surface area contributed by atoms with Gasteiger partial charge in [-0.25, -0.2) is 4.39 Å². The zero-order valence-electron chi connectivity index (χ0n) is 13.3. The number of nitrogens with two attached hydrogens (primary N) is 1. The second-order valence-electron chi connectivity index (χ2n) is 4.86. The summed E-state index contributed by atoms with van der Waals surface area (Å²) in [4.78, 5) is 11.5. The molecule has 0 spiro atoms. The summed E-state index contributed by atoms with van der Waals surface area (Å²) in [5.41, 5.74) is 6.92. The number of benzene rings is 1. The van der Waals surface area contributed by atoms with Gasteiger partial charge >= 0.3 is 5.97 Å². The Kier molecular flexibility index (Phi) is 7.77. The molecule has 1 aromatic carbocycles. The van der Waals surface area contributed by atoms with Crippen LogP contribution in [0.3, 0.4) is 0 Å². The van der Waals surface area contributed by atoms with Crippen molar-refractivity contribution in [1.82, 2.24) is 0 Å². The molecule has 0 fully saturated rings. The minimum absolute atomic E-state index is 0.203. The SMILES string of the molecule is C=C/C=C(\C=C)CC(Cc1ccc(F)cc1OC)OC(=O)CN. The van der Waals surface area contributed by atoms with E-state index < -0.39 is 12.1 Å². The topological polar surface area (TPSA) is 61.5 Å². The average Bonchev–Trinajstić information content (AvgIpc) is 2.55. The van der Waals surface area contributed by atoms with E-state index in [2.05, 4.69) is 13.2 Å². The quantitative estimate of drug-likeness (QED) is 0.561. The van der Waals surface area contributed by atoms with Gasteiger partial charge in [-0.3, -0.25) is 4.79 Å². The van der Waals surface area contributed by atoms with Crippen LogP contribution in [0.25, 0.3) is 0 Å². The summed E-state index contributed by atoms with van der Waals surface area (Å²) in [6.07, 6.45) is 5.45. The van der Waals surface area contributed by atoms with E-state index in [1.807, 2.05) is 0 Å². The van der Waals surface area contributed by atoms with Crippen LogP contribution in [-0.2, 0) is 16.0 Å². The molecule has 124 valence electrons. The molecular weight excluding hydrogens is 297 g/mol. The van der Waals surface area contributed by atoms with Gasteiger partial charge in [-0.1, -0.05) is 37.5 Å². The summed E-state index contributed by atoms with van der Waals surface area (Å²) in [5.74, 6) is -0.482. The van der Waals surface area contributed by atoms with Crippen LogP contribution in [0.1, 0.15) is 12.0 Å². The van der Waals surface area contributed by atoms with Crippen molar-refractivity contribution in [1.29, 1.82) is 0 Å². The smallest absolute Gasteiger partial charge is 0.319 e. The zero-order valence-corrected chi connectivity index (χ0v) is 13.3. The first kappa shape index (κ1) is 18.6. The molecule has 1 unspecified atom stereocenters. The Morgan fingerprint density at radius 2 is 2.17 bits per heavy atom. The van der Waals surface area contributed by atoms with Crippen LogP contribution in [0, 0.1) is 5.82 Å². The minimum Gasteiger partial charge on any atom is -0.496 e. The molecule has 0 aliphatic heterocycles. The molecule has 1 rings (SSSR count). The van der Waals surface area contributed by atoms with Crippen molar-refractivity contribution < 1.29 is 18.7 Å². The summed E-state index contributed by atoms with van der Waals surface area (Å²) in [7, 11) is 1.46. The van der Waals surface area contributed by atoms with E-state index in [9.17, 15) is 9.18 Å². The Bertz CT molecular complexity index is 596. The Morgan fingerprint density at radius 3 is 2.74 bits per heavy atom. The van der Waals surface area contributed by atoms with Crippen LogP contribution in [0.2, 0.25) is 0 Å². The van der Waals surface area contributed by atoms with Crippen molar-refractivity contribution in [3.05, 3.63) is 66.5 Å². The summed E-state index contributed by atoms with van der Waals surface area (Å²) in [6.45, 7) is 7.17. The monoisotopic (exact) mass is 319 g/mol. The predicted octanol–water partition coefficient (Wildman–Crippen LogP) is 2.94. The third-order valence-electron chi connectivity index (χ3n) is 3.22. The van der Waals surface area contributed by atoms with E-state index in [4.69, 9.17) is 15.2 Å².